The van der Waals surface area contributed by atoms with Crippen LogP contribution in [0.4, 0.5) is 5.69 Å². The van der Waals surface area contributed by atoms with E-state index >= 15 is 0 Å². The van der Waals surface area contributed by atoms with Gasteiger partial charge in [0.1, 0.15) is 0 Å². The molecular weight excluding hydrogens is 548 g/mol. The number of esters is 2. The SMILES string of the molecule is CCCCNc1ccc(C(=O)OC2C3c4ccccc4C(c4ccccc43)C2OC(=O)c2ccc(C(N)CCC)cc2)cc1. The van der Waals surface area contributed by atoms with Crippen LogP contribution in [0.1, 0.15) is 106 Å². The van der Waals surface area contributed by atoms with E-state index in [1.807, 2.05) is 48.5 Å². The first-order valence-corrected chi connectivity index (χ1v) is 15.8. The van der Waals surface area contributed by atoms with Gasteiger partial charge in [0, 0.05) is 18.3 Å². The van der Waals surface area contributed by atoms with Gasteiger partial charge in [-0.05, 0) is 77.1 Å². The molecule has 6 nitrogen and oxygen atoms in total. The second kappa shape index (κ2) is 13.1. The van der Waals surface area contributed by atoms with Gasteiger partial charge in [0.05, 0.1) is 23.0 Å². The van der Waals surface area contributed by atoms with E-state index in [2.05, 4.69) is 43.4 Å². The number of ether oxygens (including phenoxy) is 2. The highest BCUT2D eigenvalue weighted by atomic mass is 16.6. The Morgan fingerprint density at radius 1 is 0.682 bits per heavy atom. The summed E-state index contributed by atoms with van der Waals surface area (Å²) in [5, 5.41) is 3.38. The molecule has 0 saturated heterocycles. The van der Waals surface area contributed by atoms with Gasteiger partial charge in [-0.3, -0.25) is 0 Å². The van der Waals surface area contributed by atoms with E-state index in [0.717, 1.165) is 65.7 Å². The lowest BCUT2D eigenvalue weighted by atomic mass is 9.61. The summed E-state index contributed by atoms with van der Waals surface area (Å²) in [7, 11) is 0. The van der Waals surface area contributed by atoms with Gasteiger partial charge in [0.25, 0.3) is 0 Å². The maximum atomic E-state index is 13.7. The molecule has 226 valence electrons. The number of nitrogens with two attached hydrogens (primary N) is 1. The largest absolute Gasteiger partial charge is 0.454 e. The number of rotatable bonds is 11. The molecule has 4 aromatic rings. The molecule has 3 atom stereocenters. The second-order valence-corrected chi connectivity index (χ2v) is 11.8. The third kappa shape index (κ3) is 5.74. The molecule has 0 aromatic heterocycles. The maximum Gasteiger partial charge on any atom is 0.338 e. The van der Waals surface area contributed by atoms with Crippen molar-refractivity contribution in [2.24, 2.45) is 5.73 Å². The minimum absolute atomic E-state index is 0.0721. The van der Waals surface area contributed by atoms with Crippen molar-refractivity contribution in [1.82, 2.24) is 0 Å². The van der Waals surface area contributed by atoms with Crippen molar-refractivity contribution in [3.63, 3.8) is 0 Å². The van der Waals surface area contributed by atoms with Crippen molar-refractivity contribution in [1.29, 1.82) is 0 Å². The minimum atomic E-state index is -0.696. The summed E-state index contributed by atoms with van der Waals surface area (Å²) >= 11 is 0. The Bertz CT molecular complexity index is 1570. The summed E-state index contributed by atoms with van der Waals surface area (Å²) in [4.78, 5) is 27.3. The van der Waals surface area contributed by atoms with Crippen LogP contribution in [0.3, 0.4) is 0 Å². The van der Waals surface area contributed by atoms with Crippen LogP contribution in [0, 0.1) is 0 Å². The number of unbranched alkanes of at least 4 members (excludes halogenated alkanes) is 1. The van der Waals surface area contributed by atoms with Gasteiger partial charge in [-0.25, -0.2) is 9.59 Å². The van der Waals surface area contributed by atoms with Crippen molar-refractivity contribution in [2.75, 3.05) is 11.9 Å². The zero-order valence-electron chi connectivity index (χ0n) is 25.4. The molecule has 0 spiro atoms. The number of anilines is 1. The molecule has 0 aliphatic heterocycles. The Morgan fingerprint density at radius 3 is 1.57 bits per heavy atom. The topological polar surface area (TPSA) is 90.6 Å². The van der Waals surface area contributed by atoms with Crippen LogP contribution in [0.5, 0.6) is 0 Å². The predicted octanol–water partition coefficient (Wildman–Crippen LogP) is 7.74. The Balaban J connectivity index is 1.31. The number of fused-ring (bicyclic) bond motifs is 1. The van der Waals surface area contributed by atoms with Crippen LogP contribution in [0.25, 0.3) is 0 Å². The fourth-order valence-corrected chi connectivity index (χ4v) is 6.71. The fraction of sp³-hybridized carbons (Fsp3) is 0.316. The number of nitrogens with one attached hydrogen (secondary N) is 1. The van der Waals surface area contributed by atoms with Gasteiger partial charge < -0.3 is 20.5 Å². The first kappa shape index (κ1) is 29.6. The molecule has 3 aliphatic rings. The van der Waals surface area contributed by atoms with Crippen LogP contribution in [-0.2, 0) is 9.47 Å². The van der Waals surface area contributed by atoms with Crippen LogP contribution in [-0.4, -0.2) is 30.7 Å². The number of carbonyl (C=O) groups excluding carboxylic acids is 2. The Labute approximate surface area is 259 Å². The molecule has 4 aromatic carbocycles. The van der Waals surface area contributed by atoms with E-state index in [9.17, 15) is 9.59 Å². The van der Waals surface area contributed by atoms with E-state index < -0.39 is 24.1 Å². The summed E-state index contributed by atoms with van der Waals surface area (Å²) in [5.41, 5.74) is 13.5. The molecule has 7 rings (SSSR count). The molecule has 6 heteroatoms. The van der Waals surface area contributed by atoms with E-state index in [-0.39, 0.29) is 17.9 Å². The Morgan fingerprint density at radius 2 is 1.14 bits per heavy atom. The molecule has 0 radical (unpaired) electrons. The molecule has 3 unspecified atom stereocenters. The van der Waals surface area contributed by atoms with Gasteiger partial charge in [-0.2, -0.15) is 0 Å². The molecule has 0 heterocycles. The molecule has 3 aliphatic carbocycles. The van der Waals surface area contributed by atoms with E-state index in [4.69, 9.17) is 15.2 Å². The van der Waals surface area contributed by atoms with Crippen molar-refractivity contribution < 1.29 is 19.1 Å². The monoisotopic (exact) mass is 588 g/mol. The number of hydrogen-bond acceptors (Lipinski definition) is 6. The first-order chi connectivity index (χ1) is 21.5. The lowest BCUT2D eigenvalue weighted by Crippen LogP contribution is -2.51. The van der Waals surface area contributed by atoms with Crippen molar-refractivity contribution in [3.05, 3.63) is 136 Å². The van der Waals surface area contributed by atoms with Crippen molar-refractivity contribution in [3.8, 4) is 0 Å². The molecular formula is C38H40N2O4. The van der Waals surface area contributed by atoms with Gasteiger partial charge >= 0.3 is 11.9 Å². The summed E-state index contributed by atoms with van der Waals surface area (Å²) in [5.74, 6) is -1.42. The normalized spacial score (nSPS) is 20.2. The Hall–Kier alpha value is -4.42. The molecule has 0 amide bonds. The Kier molecular flexibility index (Phi) is 8.80. The first-order valence-electron chi connectivity index (χ1n) is 15.8. The van der Waals surface area contributed by atoms with Crippen LogP contribution in [0.2, 0.25) is 0 Å². The third-order valence-corrected chi connectivity index (χ3v) is 8.95. The average molecular weight is 589 g/mol. The molecule has 0 saturated carbocycles. The molecule has 0 fully saturated rings. The van der Waals surface area contributed by atoms with Gasteiger partial charge in [0.2, 0.25) is 0 Å². The summed E-state index contributed by atoms with van der Waals surface area (Å²) < 4.78 is 12.7. The lowest BCUT2D eigenvalue weighted by Gasteiger charge is -2.49. The third-order valence-electron chi connectivity index (χ3n) is 8.95. The zero-order chi connectivity index (χ0) is 30.6. The fourth-order valence-electron chi connectivity index (χ4n) is 6.71. The van der Waals surface area contributed by atoms with Gasteiger partial charge in [-0.15, -0.1) is 0 Å². The summed E-state index contributed by atoms with van der Waals surface area (Å²) in [6.45, 7) is 5.13. The maximum absolute atomic E-state index is 13.7. The van der Waals surface area contributed by atoms with Crippen molar-refractivity contribution >= 4 is 17.6 Å². The minimum Gasteiger partial charge on any atom is -0.454 e. The summed E-state index contributed by atoms with van der Waals surface area (Å²) in [6.07, 6.45) is 2.65. The highest BCUT2D eigenvalue weighted by Crippen LogP contribution is 2.54. The smallest absolute Gasteiger partial charge is 0.338 e. The van der Waals surface area contributed by atoms with Crippen molar-refractivity contribution in [2.45, 2.75) is 69.6 Å². The number of benzene rings is 4. The van der Waals surface area contributed by atoms with Crippen LogP contribution >= 0.6 is 0 Å². The summed E-state index contributed by atoms with van der Waals surface area (Å²) in [6, 6.07) is 31.0. The van der Waals surface area contributed by atoms with E-state index in [1.165, 1.54) is 0 Å². The molecule has 3 N–H and O–H groups in total. The highest BCUT2D eigenvalue weighted by Gasteiger charge is 2.53. The number of carbonyl (C=O) groups is 2. The second-order valence-electron chi connectivity index (χ2n) is 11.8. The van der Waals surface area contributed by atoms with E-state index in [0.29, 0.717) is 11.1 Å². The average Bonchev–Trinajstić information content (AvgIpc) is 3.06. The van der Waals surface area contributed by atoms with Crippen LogP contribution < -0.4 is 11.1 Å². The van der Waals surface area contributed by atoms with E-state index in [1.54, 1.807) is 24.3 Å². The highest BCUT2D eigenvalue weighted by molar-refractivity contribution is 5.91. The molecule has 2 bridgehead atoms. The van der Waals surface area contributed by atoms with Gasteiger partial charge in [0.15, 0.2) is 12.2 Å². The van der Waals surface area contributed by atoms with Crippen LogP contribution in [0.15, 0.2) is 97.1 Å². The zero-order valence-corrected chi connectivity index (χ0v) is 25.4. The lowest BCUT2D eigenvalue weighted by molar-refractivity contribution is -0.0557. The van der Waals surface area contributed by atoms with Gasteiger partial charge in [-0.1, -0.05) is 87.4 Å². The molecule has 44 heavy (non-hydrogen) atoms. The number of hydrogen-bond donors (Lipinski definition) is 2. The predicted molar refractivity (Wildman–Crippen MR) is 173 cm³/mol. The standard InChI is InChI=1S/C38H40N2O4/c1-3-5-23-40-27-21-19-26(20-22-27)38(42)44-36-34-30-13-8-6-11-28(30)33(29-12-7-9-14-31(29)34)35(36)43-37(41)25-17-15-24(16-18-25)32(39)10-4-2/h6-9,11-22,32-36,40H,3-5,10,23,39H2,1-2H3. The quantitative estimate of drug-likeness (QED) is 0.138.